The molecule has 6 nitrogen and oxygen atoms in total. The van der Waals surface area contributed by atoms with E-state index in [-0.39, 0.29) is 12.5 Å². The Hall–Kier alpha value is -2.99. The molecule has 1 atom stereocenters. The third kappa shape index (κ3) is 4.94. The van der Waals surface area contributed by atoms with Gasteiger partial charge in [-0.1, -0.05) is 54.5 Å². The van der Waals surface area contributed by atoms with Crippen molar-refractivity contribution in [3.8, 4) is 11.4 Å². The molecule has 0 bridgehead atoms. The van der Waals surface area contributed by atoms with Crippen LogP contribution in [0, 0.1) is 5.92 Å². The van der Waals surface area contributed by atoms with Crippen LogP contribution in [0.2, 0.25) is 0 Å². The smallest absolute Gasteiger partial charge is 0.254 e. The van der Waals surface area contributed by atoms with Crippen LogP contribution in [0.15, 0.2) is 59.1 Å². The lowest BCUT2D eigenvalue weighted by Gasteiger charge is -2.30. The Morgan fingerprint density at radius 1 is 1.17 bits per heavy atom. The van der Waals surface area contributed by atoms with Gasteiger partial charge in [-0.2, -0.15) is 4.98 Å². The van der Waals surface area contributed by atoms with Crippen LogP contribution in [0.1, 0.15) is 41.6 Å². The summed E-state index contributed by atoms with van der Waals surface area (Å²) in [6.07, 6.45) is 2.59. The zero-order valence-electron chi connectivity index (χ0n) is 17.6. The number of hydrogen-bond acceptors (Lipinski definition) is 5. The van der Waals surface area contributed by atoms with Gasteiger partial charge in [0.1, 0.15) is 0 Å². The molecular weight excluding hydrogens is 376 g/mol. The van der Waals surface area contributed by atoms with E-state index < -0.39 is 0 Å². The number of piperidine rings is 1. The molecule has 1 saturated heterocycles. The van der Waals surface area contributed by atoms with Gasteiger partial charge in [-0.05, 0) is 43.0 Å². The molecule has 1 aromatic heterocycles. The summed E-state index contributed by atoms with van der Waals surface area (Å²) in [5, 5.41) is 4.02. The van der Waals surface area contributed by atoms with Crippen molar-refractivity contribution in [1.82, 2.24) is 19.9 Å². The molecule has 4 rings (SSSR count). The van der Waals surface area contributed by atoms with Crippen LogP contribution in [0.5, 0.6) is 0 Å². The first kappa shape index (κ1) is 20.3. The highest BCUT2D eigenvalue weighted by Gasteiger charge is 2.18. The van der Waals surface area contributed by atoms with Gasteiger partial charge in [0, 0.05) is 31.3 Å². The molecule has 2 heterocycles. The molecular formula is C24H28N4O2. The van der Waals surface area contributed by atoms with E-state index in [0.717, 1.165) is 31.1 Å². The molecule has 3 aromatic rings. The maximum absolute atomic E-state index is 12.8. The Balaban J connectivity index is 1.35. The molecule has 0 radical (unpaired) electrons. The van der Waals surface area contributed by atoms with Crippen LogP contribution >= 0.6 is 0 Å². The number of likely N-dealkylation sites (tertiary alicyclic amines) is 1. The maximum Gasteiger partial charge on any atom is 0.254 e. The average molecular weight is 405 g/mol. The first-order valence-corrected chi connectivity index (χ1v) is 10.5. The van der Waals surface area contributed by atoms with Crippen LogP contribution in [0.4, 0.5) is 0 Å². The van der Waals surface area contributed by atoms with E-state index in [1.165, 1.54) is 18.4 Å². The van der Waals surface area contributed by atoms with E-state index in [2.05, 4.69) is 34.1 Å². The van der Waals surface area contributed by atoms with Gasteiger partial charge < -0.3 is 9.42 Å². The minimum atomic E-state index is -0.0624. The van der Waals surface area contributed by atoms with Crippen LogP contribution in [-0.4, -0.2) is 46.0 Å². The fraction of sp³-hybridized carbons (Fsp3) is 0.375. The van der Waals surface area contributed by atoms with Gasteiger partial charge >= 0.3 is 0 Å². The Morgan fingerprint density at radius 3 is 2.67 bits per heavy atom. The van der Waals surface area contributed by atoms with Crippen molar-refractivity contribution < 1.29 is 9.32 Å². The minimum Gasteiger partial charge on any atom is -0.337 e. The summed E-state index contributed by atoms with van der Waals surface area (Å²) >= 11 is 0. The van der Waals surface area contributed by atoms with Crippen molar-refractivity contribution >= 4 is 5.91 Å². The second-order valence-corrected chi connectivity index (χ2v) is 8.22. The zero-order valence-corrected chi connectivity index (χ0v) is 17.6. The lowest BCUT2D eigenvalue weighted by Crippen LogP contribution is -2.33. The fourth-order valence-corrected chi connectivity index (χ4v) is 3.96. The highest BCUT2D eigenvalue weighted by molar-refractivity contribution is 5.94. The van der Waals surface area contributed by atoms with Gasteiger partial charge in [0.25, 0.3) is 5.91 Å². The van der Waals surface area contributed by atoms with Gasteiger partial charge in [-0.25, -0.2) is 0 Å². The van der Waals surface area contributed by atoms with Crippen molar-refractivity contribution in [2.45, 2.75) is 32.9 Å². The maximum atomic E-state index is 12.8. The van der Waals surface area contributed by atoms with Crippen molar-refractivity contribution in [3.05, 3.63) is 71.6 Å². The first-order valence-electron chi connectivity index (χ1n) is 10.5. The number of benzene rings is 2. The highest BCUT2D eigenvalue weighted by atomic mass is 16.5. The van der Waals surface area contributed by atoms with Gasteiger partial charge in [0.2, 0.25) is 11.7 Å². The molecule has 0 aliphatic carbocycles. The third-order valence-electron chi connectivity index (χ3n) is 5.57. The van der Waals surface area contributed by atoms with Crippen molar-refractivity contribution in [2.75, 3.05) is 20.1 Å². The second kappa shape index (κ2) is 9.22. The van der Waals surface area contributed by atoms with Crippen molar-refractivity contribution in [1.29, 1.82) is 0 Å². The lowest BCUT2D eigenvalue weighted by molar-refractivity contribution is 0.0769. The molecule has 2 aromatic carbocycles. The molecule has 1 fully saturated rings. The van der Waals surface area contributed by atoms with Gasteiger partial charge in [0.05, 0.1) is 6.54 Å². The van der Waals surface area contributed by atoms with E-state index in [0.29, 0.717) is 17.3 Å². The topological polar surface area (TPSA) is 62.5 Å². The first-order chi connectivity index (χ1) is 14.6. The Morgan fingerprint density at radius 2 is 1.93 bits per heavy atom. The summed E-state index contributed by atoms with van der Waals surface area (Å²) in [6, 6.07) is 17.6. The van der Waals surface area contributed by atoms with E-state index in [4.69, 9.17) is 4.52 Å². The van der Waals surface area contributed by atoms with Crippen molar-refractivity contribution in [2.24, 2.45) is 5.92 Å². The number of carbonyl (C=O) groups is 1. The molecule has 1 amide bonds. The van der Waals surface area contributed by atoms with E-state index in [9.17, 15) is 4.79 Å². The third-order valence-corrected chi connectivity index (χ3v) is 5.57. The quantitative estimate of drug-likeness (QED) is 0.615. The van der Waals surface area contributed by atoms with E-state index in [1.54, 1.807) is 11.9 Å². The summed E-state index contributed by atoms with van der Waals surface area (Å²) in [5.74, 6) is 1.65. The second-order valence-electron chi connectivity index (χ2n) is 8.22. The Bertz CT molecular complexity index is 968. The average Bonchev–Trinajstić information content (AvgIpc) is 3.23. The number of nitrogens with zero attached hydrogens (tertiary/aromatic N) is 4. The number of aromatic nitrogens is 2. The highest BCUT2D eigenvalue weighted by Crippen LogP contribution is 2.19. The van der Waals surface area contributed by atoms with E-state index in [1.807, 2.05) is 42.5 Å². The summed E-state index contributed by atoms with van der Waals surface area (Å²) in [5.41, 5.74) is 2.80. The monoisotopic (exact) mass is 404 g/mol. The molecule has 0 saturated carbocycles. The normalized spacial score (nSPS) is 17.1. The number of hydrogen-bond donors (Lipinski definition) is 0. The van der Waals surface area contributed by atoms with E-state index >= 15 is 0 Å². The molecule has 156 valence electrons. The standard InChI is InChI=1S/C24H28N4O2/c1-18-7-6-14-28(15-18)16-19-10-12-21(13-11-19)24(29)27(2)17-22-25-23(26-30-22)20-8-4-3-5-9-20/h3-5,8-13,18H,6-7,14-17H2,1-2H3/t18-/m0/s1. The Labute approximate surface area is 177 Å². The minimum absolute atomic E-state index is 0.0624. The summed E-state index contributed by atoms with van der Waals surface area (Å²) in [7, 11) is 1.75. The molecule has 0 N–H and O–H groups in total. The number of rotatable bonds is 6. The zero-order chi connectivity index (χ0) is 20.9. The fourth-order valence-electron chi connectivity index (χ4n) is 3.96. The van der Waals surface area contributed by atoms with Gasteiger partial charge in [-0.3, -0.25) is 9.69 Å². The summed E-state index contributed by atoms with van der Waals surface area (Å²) < 4.78 is 5.33. The molecule has 1 aliphatic rings. The number of carbonyl (C=O) groups excluding carboxylic acids is 1. The molecule has 1 aliphatic heterocycles. The van der Waals surface area contributed by atoms with Crippen LogP contribution < -0.4 is 0 Å². The van der Waals surface area contributed by atoms with Crippen LogP contribution in [0.25, 0.3) is 11.4 Å². The van der Waals surface area contributed by atoms with Crippen LogP contribution in [-0.2, 0) is 13.1 Å². The predicted octanol–water partition coefficient (Wildman–Crippen LogP) is 4.24. The van der Waals surface area contributed by atoms with Gasteiger partial charge in [-0.15, -0.1) is 0 Å². The summed E-state index contributed by atoms with van der Waals surface area (Å²) in [6.45, 7) is 5.84. The van der Waals surface area contributed by atoms with Crippen LogP contribution in [0.3, 0.4) is 0 Å². The molecule has 6 heteroatoms. The predicted molar refractivity (Wildman–Crippen MR) is 116 cm³/mol. The Kier molecular flexibility index (Phi) is 6.23. The molecule has 0 unspecified atom stereocenters. The molecule has 30 heavy (non-hydrogen) atoms. The largest absolute Gasteiger partial charge is 0.337 e. The summed E-state index contributed by atoms with van der Waals surface area (Å²) in [4.78, 5) is 21.3. The van der Waals surface area contributed by atoms with Gasteiger partial charge in [0.15, 0.2) is 0 Å². The molecule has 0 spiro atoms. The SMILES string of the molecule is C[C@H]1CCCN(Cc2ccc(C(=O)N(C)Cc3nc(-c4ccccc4)no3)cc2)C1. The number of amides is 1. The lowest BCUT2D eigenvalue weighted by atomic mass is 9.99. The van der Waals surface area contributed by atoms with Crippen molar-refractivity contribution in [3.63, 3.8) is 0 Å².